The lowest BCUT2D eigenvalue weighted by Gasteiger charge is -2.34. The number of aryl methyl sites for hydroxylation is 2. The lowest BCUT2D eigenvalue weighted by Crippen LogP contribution is -2.39. The molecule has 1 saturated heterocycles. The Morgan fingerprint density at radius 2 is 2.02 bits per heavy atom. The van der Waals surface area contributed by atoms with Crippen LogP contribution < -0.4 is 20.5 Å². The van der Waals surface area contributed by atoms with Crippen molar-refractivity contribution in [2.75, 3.05) is 29.6 Å². The van der Waals surface area contributed by atoms with E-state index in [1.807, 2.05) is 45.2 Å². The fourth-order valence-corrected chi connectivity index (χ4v) is 6.08. The number of hydrogen-bond acceptors (Lipinski definition) is 9. The van der Waals surface area contributed by atoms with Gasteiger partial charge in [0.25, 0.3) is 11.5 Å². The van der Waals surface area contributed by atoms with Crippen LogP contribution in [0.2, 0.25) is 5.15 Å². The molecule has 1 fully saturated rings. The number of amides is 1. The third-order valence-corrected chi connectivity index (χ3v) is 8.44. The molecule has 43 heavy (non-hydrogen) atoms. The summed E-state index contributed by atoms with van der Waals surface area (Å²) in [6, 6.07) is 11.1. The first kappa shape index (κ1) is 30.3. The van der Waals surface area contributed by atoms with Gasteiger partial charge in [-0.1, -0.05) is 29.6 Å². The number of anilines is 2. The second kappa shape index (κ2) is 12.6. The van der Waals surface area contributed by atoms with Gasteiger partial charge >= 0.3 is 0 Å². The number of pyridine rings is 2. The Hall–Kier alpha value is -4.14. The number of halogens is 1. The maximum absolute atomic E-state index is 13.8. The van der Waals surface area contributed by atoms with Crippen LogP contribution in [0.5, 0.6) is 0 Å². The van der Waals surface area contributed by atoms with Crippen molar-refractivity contribution in [1.82, 2.24) is 24.2 Å². The van der Waals surface area contributed by atoms with Crippen LogP contribution in [-0.4, -0.2) is 44.8 Å². The summed E-state index contributed by atoms with van der Waals surface area (Å²) >= 11 is 7.29. The van der Waals surface area contributed by atoms with Crippen LogP contribution in [0.3, 0.4) is 0 Å². The standard InChI is InChI=1S/C31H33ClN8O2S/c1-17-11-23(19(3)35-25-8-9-26(32)36-28(25)29(41)38-43-5)27-24(12-17)30(42)39(4)31(37-27)40-10-6-7-20(16-40)22-13-21(14-33)18(2)34-15-22/h8-9,11-13,15,19-20,35H,6-7,10,16H2,1-5H3,(H,38,41). The van der Waals surface area contributed by atoms with Gasteiger partial charge in [0.2, 0.25) is 5.95 Å². The molecule has 12 heteroatoms. The van der Waals surface area contributed by atoms with E-state index in [2.05, 4.69) is 31.0 Å². The van der Waals surface area contributed by atoms with Crippen molar-refractivity contribution < 1.29 is 4.79 Å². The molecule has 2 atom stereocenters. The number of nitriles is 1. The number of aromatic nitrogens is 4. The van der Waals surface area contributed by atoms with E-state index in [1.165, 1.54) is 11.9 Å². The highest BCUT2D eigenvalue weighted by atomic mass is 35.5. The number of fused-ring (bicyclic) bond motifs is 1. The number of hydrogen-bond donors (Lipinski definition) is 2. The molecule has 1 amide bonds. The van der Waals surface area contributed by atoms with Crippen molar-refractivity contribution in [3.05, 3.63) is 85.7 Å². The first-order valence-electron chi connectivity index (χ1n) is 14.0. The van der Waals surface area contributed by atoms with E-state index in [4.69, 9.17) is 16.6 Å². The number of nitrogens with one attached hydrogen (secondary N) is 2. The maximum atomic E-state index is 13.8. The van der Waals surface area contributed by atoms with Crippen molar-refractivity contribution >= 4 is 52.0 Å². The van der Waals surface area contributed by atoms with Crippen molar-refractivity contribution in [2.45, 2.75) is 45.6 Å². The van der Waals surface area contributed by atoms with Gasteiger partial charge in [0.15, 0.2) is 5.69 Å². The molecule has 1 aliphatic rings. The molecule has 4 heterocycles. The van der Waals surface area contributed by atoms with E-state index < -0.39 is 0 Å². The Kier molecular flexibility index (Phi) is 8.89. The van der Waals surface area contributed by atoms with Gasteiger partial charge in [-0.25, -0.2) is 9.97 Å². The Morgan fingerprint density at radius 3 is 2.77 bits per heavy atom. The molecule has 4 aromatic rings. The summed E-state index contributed by atoms with van der Waals surface area (Å²) < 4.78 is 4.32. The lowest BCUT2D eigenvalue weighted by molar-refractivity contribution is 0.0980. The smallest absolute Gasteiger partial charge is 0.281 e. The molecule has 222 valence electrons. The molecule has 0 saturated carbocycles. The van der Waals surface area contributed by atoms with E-state index in [0.717, 1.165) is 41.8 Å². The van der Waals surface area contributed by atoms with Gasteiger partial charge in [-0.05, 0) is 69.0 Å². The number of piperidine rings is 1. The Bertz CT molecular complexity index is 1820. The Balaban J connectivity index is 1.53. The van der Waals surface area contributed by atoms with E-state index in [0.29, 0.717) is 34.6 Å². The molecule has 3 aromatic heterocycles. The van der Waals surface area contributed by atoms with Crippen molar-refractivity contribution in [2.24, 2.45) is 7.05 Å². The minimum absolute atomic E-state index is 0.128. The van der Waals surface area contributed by atoms with E-state index >= 15 is 0 Å². The average Bonchev–Trinajstić information content (AvgIpc) is 3.00. The SMILES string of the molecule is CSNC(=O)c1nc(Cl)ccc1NC(C)c1cc(C)cc2c(=O)n(C)c(N3CCCC(c4cnc(C)c(C#N)c4)C3)nc12. The lowest BCUT2D eigenvalue weighted by atomic mass is 9.91. The molecule has 2 unspecified atom stereocenters. The summed E-state index contributed by atoms with van der Waals surface area (Å²) in [5.41, 5.74) is 5.24. The number of benzene rings is 1. The van der Waals surface area contributed by atoms with Crippen LogP contribution >= 0.6 is 23.5 Å². The summed E-state index contributed by atoms with van der Waals surface area (Å²) in [5.74, 6) is 0.384. The summed E-state index contributed by atoms with van der Waals surface area (Å²) in [5, 5.41) is 13.7. The highest BCUT2D eigenvalue weighted by Gasteiger charge is 2.27. The molecular weight excluding hydrogens is 584 g/mol. The molecule has 2 N–H and O–H groups in total. The summed E-state index contributed by atoms with van der Waals surface area (Å²) in [4.78, 5) is 42.4. The largest absolute Gasteiger partial charge is 0.377 e. The molecule has 1 aliphatic heterocycles. The monoisotopic (exact) mass is 616 g/mol. The van der Waals surface area contributed by atoms with Crippen LogP contribution in [-0.2, 0) is 7.05 Å². The van der Waals surface area contributed by atoms with Gasteiger partial charge in [-0.2, -0.15) is 5.26 Å². The van der Waals surface area contributed by atoms with Gasteiger partial charge in [-0.15, -0.1) is 0 Å². The van der Waals surface area contributed by atoms with Crippen molar-refractivity contribution in [1.29, 1.82) is 5.26 Å². The summed E-state index contributed by atoms with van der Waals surface area (Å²) in [7, 11) is 1.76. The average molecular weight is 617 g/mol. The molecule has 10 nitrogen and oxygen atoms in total. The van der Waals surface area contributed by atoms with E-state index in [9.17, 15) is 14.9 Å². The minimum Gasteiger partial charge on any atom is -0.377 e. The van der Waals surface area contributed by atoms with Gasteiger partial charge in [-0.3, -0.25) is 23.9 Å². The van der Waals surface area contributed by atoms with Crippen LogP contribution in [0.25, 0.3) is 10.9 Å². The van der Waals surface area contributed by atoms with Gasteiger partial charge in [0.1, 0.15) is 11.2 Å². The second-order valence-corrected chi connectivity index (χ2v) is 11.9. The van der Waals surface area contributed by atoms with Gasteiger partial charge in [0, 0.05) is 44.1 Å². The predicted molar refractivity (Wildman–Crippen MR) is 172 cm³/mol. The van der Waals surface area contributed by atoms with Crippen LogP contribution in [0.4, 0.5) is 11.6 Å². The fraction of sp³-hybridized carbons (Fsp3) is 0.355. The van der Waals surface area contributed by atoms with E-state index in [1.54, 1.807) is 30.0 Å². The Morgan fingerprint density at radius 1 is 1.23 bits per heavy atom. The summed E-state index contributed by atoms with van der Waals surface area (Å²) in [6.45, 7) is 7.16. The first-order chi connectivity index (χ1) is 20.6. The third-order valence-electron chi connectivity index (χ3n) is 7.84. The van der Waals surface area contributed by atoms with Gasteiger partial charge < -0.3 is 10.2 Å². The first-order valence-corrected chi connectivity index (χ1v) is 15.6. The quantitative estimate of drug-likeness (QED) is 0.206. The topological polar surface area (TPSA) is 129 Å². The number of carbonyl (C=O) groups excluding carboxylic acids is 1. The molecular formula is C31H33ClN8O2S. The zero-order chi connectivity index (χ0) is 30.8. The number of rotatable bonds is 7. The second-order valence-electron chi connectivity index (χ2n) is 10.9. The normalized spacial score (nSPS) is 15.7. The number of carbonyl (C=O) groups is 1. The maximum Gasteiger partial charge on any atom is 0.281 e. The molecule has 0 spiro atoms. The molecule has 0 aliphatic carbocycles. The van der Waals surface area contributed by atoms with Gasteiger partial charge in [0.05, 0.1) is 33.9 Å². The molecule has 0 bridgehead atoms. The van der Waals surface area contributed by atoms with Crippen molar-refractivity contribution in [3.63, 3.8) is 0 Å². The fourth-order valence-electron chi connectivity index (χ4n) is 5.65. The van der Waals surface area contributed by atoms with Crippen LogP contribution in [0.1, 0.15) is 70.2 Å². The van der Waals surface area contributed by atoms with Crippen LogP contribution in [0.15, 0.2) is 41.3 Å². The predicted octanol–water partition coefficient (Wildman–Crippen LogP) is 5.43. The zero-order valence-electron chi connectivity index (χ0n) is 24.7. The molecule has 5 rings (SSSR count). The summed E-state index contributed by atoms with van der Waals surface area (Å²) in [6.07, 6.45) is 5.48. The Labute approximate surface area is 259 Å². The molecule has 1 aromatic carbocycles. The zero-order valence-corrected chi connectivity index (χ0v) is 26.3. The van der Waals surface area contributed by atoms with Crippen LogP contribution in [0, 0.1) is 25.2 Å². The number of nitrogens with zero attached hydrogens (tertiary/aromatic N) is 6. The highest BCUT2D eigenvalue weighted by molar-refractivity contribution is 7.97. The third kappa shape index (κ3) is 6.17. The molecule has 0 radical (unpaired) electrons. The van der Waals surface area contributed by atoms with E-state index in [-0.39, 0.29) is 34.3 Å². The minimum atomic E-state index is -0.363. The van der Waals surface area contributed by atoms with Crippen molar-refractivity contribution in [3.8, 4) is 6.07 Å². The highest BCUT2D eigenvalue weighted by Crippen LogP contribution is 2.32.